The van der Waals surface area contributed by atoms with Gasteiger partial charge in [-0.2, -0.15) is 0 Å². The maximum absolute atomic E-state index is 12.3. The number of amides is 1. The van der Waals surface area contributed by atoms with Gasteiger partial charge in [0.1, 0.15) is 0 Å². The Morgan fingerprint density at radius 3 is 2.67 bits per heavy atom. The van der Waals surface area contributed by atoms with Crippen LogP contribution in [0.3, 0.4) is 0 Å². The van der Waals surface area contributed by atoms with E-state index in [2.05, 4.69) is 5.32 Å². The summed E-state index contributed by atoms with van der Waals surface area (Å²) in [6, 6.07) is 7.20. The molecule has 1 aromatic heterocycles. The van der Waals surface area contributed by atoms with E-state index >= 15 is 0 Å². The van der Waals surface area contributed by atoms with Crippen molar-refractivity contribution >= 4 is 23.0 Å². The third-order valence-corrected chi connectivity index (χ3v) is 4.99. The van der Waals surface area contributed by atoms with Gasteiger partial charge in [-0.3, -0.25) is 14.2 Å². The molecule has 7 heteroatoms. The zero-order valence-electron chi connectivity index (χ0n) is 15.6. The molecular formula is C20H26N2O5. The van der Waals surface area contributed by atoms with Gasteiger partial charge < -0.3 is 14.5 Å². The van der Waals surface area contributed by atoms with Crippen molar-refractivity contribution < 1.29 is 18.7 Å². The van der Waals surface area contributed by atoms with Crippen LogP contribution in [-0.4, -0.2) is 28.6 Å². The van der Waals surface area contributed by atoms with E-state index in [0.717, 1.165) is 25.7 Å². The van der Waals surface area contributed by atoms with E-state index in [4.69, 9.17) is 9.15 Å². The molecule has 3 rings (SSSR count). The molecule has 1 heterocycles. The number of carbonyl (C=O) groups excluding carboxylic acids is 2. The lowest BCUT2D eigenvalue weighted by Gasteiger charge is -2.19. The second kappa shape index (κ2) is 8.88. The first-order valence-corrected chi connectivity index (χ1v) is 9.63. The molecule has 1 amide bonds. The normalized spacial score (nSPS) is 16.6. The van der Waals surface area contributed by atoms with E-state index < -0.39 is 17.8 Å². The lowest BCUT2D eigenvalue weighted by atomic mass is 10.1. The summed E-state index contributed by atoms with van der Waals surface area (Å²) in [5.74, 6) is -1.29. The Kier molecular flexibility index (Phi) is 6.32. The highest BCUT2D eigenvalue weighted by molar-refractivity contribution is 5.83. The zero-order chi connectivity index (χ0) is 19.2. The first-order valence-electron chi connectivity index (χ1n) is 9.63. The molecule has 27 heavy (non-hydrogen) atoms. The first kappa shape index (κ1) is 19.2. The summed E-state index contributed by atoms with van der Waals surface area (Å²) in [5.41, 5.74) is 1.11. The molecule has 0 spiro atoms. The fourth-order valence-corrected chi connectivity index (χ4v) is 3.48. The minimum atomic E-state index is -0.849. The van der Waals surface area contributed by atoms with Gasteiger partial charge in [-0.25, -0.2) is 4.79 Å². The van der Waals surface area contributed by atoms with Crippen LogP contribution in [0.25, 0.3) is 11.1 Å². The Balaban J connectivity index is 1.50. The third-order valence-electron chi connectivity index (χ3n) is 4.99. The van der Waals surface area contributed by atoms with E-state index in [9.17, 15) is 14.4 Å². The number of rotatable bonds is 6. The van der Waals surface area contributed by atoms with Crippen LogP contribution in [0.2, 0.25) is 0 Å². The highest BCUT2D eigenvalue weighted by Crippen LogP contribution is 2.17. The number of esters is 1. The molecule has 1 aromatic carbocycles. The van der Waals surface area contributed by atoms with Gasteiger partial charge in [0.2, 0.25) is 0 Å². The quantitative estimate of drug-likeness (QED) is 0.620. The Labute approximate surface area is 157 Å². The van der Waals surface area contributed by atoms with E-state index in [-0.39, 0.29) is 24.9 Å². The van der Waals surface area contributed by atoms with Crippen LogP contribution in [0, 0.1) is 0 Å². The Morgan fingerprint density at radius 2 is 1.93 bits per heavy atom. The van der Waals surface area contributed by atoms with Crippen LogP contribution in [0.1, 0.15) is 51.9 Å². The van der Waals surface area contributed by atoms with Crippen molar-refractivity contribution in [3.8, 4) is 0 Å². The number of hydrogen-bond donors (Lipinski definition) is 1. The van der Waals surface area contributed by atoms with Crippen LogP contribution in [-0.2, 0) is 20.9 Å². The van der Waals surface area contributed by atoms with Gasteiger partial charge in [-0.05, 0) is 31.9 Å². The van der Waals surface area contributed by atoms with Crippen LogP contribution in [0.5, 0.6) is 0 Å². The van der Waals surface area contributed by atoms with E-state index in [1.54, 1.807) is 31.2 Å². The fraction of sp³-hybridized carbons (Fsp3) is 0.550. The van der Waals surface area contributed by atoms with Gasteiger partial charge in [0.25, 0.3) is 5.91 Å². The second-order valence-electron chi connectivity index (χ2n) is 7.07. The third kappa shape index (κ3) is 4.99. The molecule has 1 aliphatic rings. The zero-order valence-corrected chi connectivity index (χ0v) is 15.6. The van der Waals surface area contributed by atoms with E-state index in [1.165, 1.54) is 17.4 Å². The summed E-state index contributed by atoms with van der Waals surface area (Å²) in [5, 5.41) is 2.98. The lowest BCUT2D eigenvalue weighted by molar-refractivity contribution is -0.155. The van der Waals surface area contributed by atoms with E-state index in [1.807, 2.05) is 0 Å². The molecule has 0 bridgehead atoms. The van der Waals surface area contributed by atoms with Gasteiger partial charge in [-0.15, -0.1) is 0 Å². The fourth-order valence-electron chi connectivity index (χ4n) is 3.48. The number of ether oxygens (including phenoxy) is 1. The number of aromatic nitrogens is 1. The monoisotopic (exact) mass is 374 g/mol. The summed E-state index contributed by atoms with van der Waals surface area (Å²) in [6.45, 7) is 1.72. The first-order chi connectivity index (χ1) is 13.0. The Hall–Kier alpha value is -2.57. The number of fused-ring (bicyclic) bond motifs is 1. The number of oxazole rings is 1. The molecule has 0 saturated heterocycles. The van der Waals surface area contributed by atoms with Crippen molar-refractivity contribution in [1.82, 2.24) is 9.88 Å². The number of carbonyl (C=O) groups is 2. The SMILES string of the molecule is C[C@@H](OC(=O)CCn1c(=O)oc2ccccc21)C(=O)NC1CCCCCC1. The van der Waals surface area contributed by atoms with Gasteiger partial charge in [0.05, 0.1) is 11.9 Å². The molecule has 0 aliphatic heterocycles. The van der Waals surface area contributed by atoms with Gasteiger partial charge in [-0.1, -0.05) is 37.8 Å². The minimum Gasteiger partial charge on any atom is -0.452 e. The summed E-state index contributed by atoms with van der Waals surface area (Å²) < 4.78 is 11.8. The molecule has 1 atom stereocenters. The standard InChI is InChI=1S/C20H26N2O5/c1-14(19(24)21-15-8-4-2-3-5-9-15)26-18(23)12-13-22-16-10-6-7-11-17(16)27-20(22)25/h6-7,10-11,14-15H,2-5,8-9,12-13H2,1H3,(H,21,24)/t14-/m1/s1. The van der Waals surface area contributed by atoms with Crippen LogP contribution in [0.4, 0.5) is 0 Å². The highest BCUT2D eigenvalue weighted by Gasteiger charge is 2.22. The molecule has 1 saturated carbocycles. The van der Waals surface area contributed by atoms with Crippen molar-refractivity contribution in [1.29, 1.82) is 0 Å². The molecule has 0 unspecified atom stereocenters. The second-order valence-corrected chi connectivity index (χ2v) is 7.07. The van der Waals surface area contributed by atoms with Gasteiger partial charge >= 0.3 is 11.7 Å². The molecule has 7 nitrogen and oxygen atoms in total. The summed E-state index contributed by atoms with van der Waals surface area (Å²) in [6.07, 6.45) is 5.74. The number of nitrogens with one attached hydrogen (secondary N) is 1. The van der Waals surface area contributed by atoms with Crippen LogP contribution < -0.4 is 11.1 Å². The smallest absolute Gasteiger partial charge is 0.419 e. The molecule has 1 aliphatic carbocycles. The number of benzene rings is 1. The summed E-state index contributed by atoms with van der Waals surface area (Å²) in [7, 11) is 0. The predicted octanol–water partition coefficient (Wildman–Crippen LogP) is 2.76. The van der Waals surface area contributed by atoms with Crippen molar-refractivity contribution in [3.63, 3.8) is 0 Å². The van der Waals surface area contributed by atoms with Crippen LogP contribution >= 0.6 is 0 Å². The Bertz CT molecular complexity index is 845. The lowest BCUT2D eigenvalue weighted by Crippen LogP contribution is -2.42. The number of nitrogens with zero attached hydrogens (tertiary/aromatic N) is 1. The van der Waals surface area contributed by atoms with Crippen molar-refractivity contribution in [2.45, 2.75) is 70.6 Å². The molecule has 1 N–H and O–H groups in total. The minimum absolute atomic E-state index is 0.00944. The molecule has 2 aromatic rings. The molecule has 1 fully saturated rings. The maximum atomic E-state index is 12.3. The average molecular weight is 374 g/mol. The number of aryl methyl sites for hydroxylation is 1. The van der Waals surface area contributed by atoms with Crippen molar-refractivity contribution in [2.24, 2.45) is 0 Å². The molecule has 146 valence electrons. The van der Waals surface area contributed by atoms with Gasteiger partial charge in [0.15, 0.2) is 11.7 Å². The largest absolute Gasteiger partial charge is 0.452 e. The highest BCUT2D eigenvalue weighted by atomic mass is 16.5. The number of para-hydroxylation sites is 2. The summed E-state index contributed by atoms with van der Waals surface area (Å²) >= 11 is 0. The van der Waals surface area contributed by atoms with Crippen molar-refractivity contribution in [3.05, 3.63) is 34.8 Å². The van der Waals surface area contributed by atoms with Crippen LogP contribution in [0.15, 0.2) is 33.5 Å². The molecular weight excluding hydrogens is 348 g/mol. The predicted molar refractivity (Wildman–Crippen MR) is 100 cm³/mol. The molecule has 0 radical (unpaired) electrons. The topological polar surface area (TPSA) is 90.5 Å². The Morgan fingerprint density at radius 1 is 1.22 bits per heavy atom. The van der Waals surface area contributed by atoms with Crippen molar-refractivity contribution in [2.75, 3.05) is 0 Å². The van der Waals surface area contributed by atoms with Gasteiger partial charge in [0, 0.05) is 12.6 Å². The van der Waals surface area contributed by atoms with E-state index in [0.29, 0.717) is 11.1 Å². The summed E-state index contributed by atoms with van der Waals surface area (Å²) in [4.78, 5) is 36.3. The average Bonchev–Trinajstić information content (AvgIpc) is 2.80. The number of hydrogen-bond acceptors (Lipinski definition) is 5. The maximum Gasteiger partial charge on any atom is 0.419 e.